The minimum atomic E-state index is -0.427. The van der Waals surface area contributed by atoms with Crippen molar-refractivity contribution in [3.63, 3.8) is 0 Å². The third kappa shape index (κ3) is 4.09. The second-order valence-corrected chi connectivity index (χ2v) is 9.68. The Morgan fingerprint density at radius 1 is 1.06 bits per heavy atom. The van der Waals surface area contributed by atoms with Gasteiger partial charge < -0.3 is 14.5 Å². The Bertz CT molecular complexity index is 1120. The van der Waals surface area contributed by atoms with Crippen molar-refractivity contribution in [1.29, 1.82) is 0 Å². The normalized spacial score (nSPS) is 22.5. The summed E-state index contributed by atoms with van der Waals surface area (Å²) in [4.78, 5) is 32.5. The predicted octanol–water partition coefficient (Wildman–Crippen LogP) is 4.69. The highest BCUT2D eigenvalue weighted by atomic mass is 32.1. The third-order valence-electron chi connectivity index (χ3n) is 6.85. The van der Waals surface area contributed by atoms with Gasteiger partial charge in [0.1, 0.15) is 0 Å². The van der Waals surface area contributed by atoms with Crippen molar-refractivity contribution in [3.8, 4) is 0 Å². The fraction of sp³-hybridized carbons (Fsp3) is 0.333. The first-order valence-corrected chi connectivity index (χ1v) is 12.3. The Labute approximate surface area is 198 Å². The largest absolute Gasteiger partial charge is 0.383 e. The van der Waals surface area contributed by atoms with E-state index in [2.05, 4.69) is 24.3 Å². The molecule has 5 nitrogen and oxygen atoms in total. The summed E-state index contributed by atoms with van der Waals surface area (Å²) in [5.74, 6) is -0.00721. The van der Waals surface area contributed by atoms with Crippen LogP contribution < -0.4 is 0 Å². The molecule has 170 valence electrons. The van der Waals surface area contributed by atoms with Crippen molar-refractivity contribution in [2.24, 2.45) is 0 Å². The Kier molecular flexibility index (Phi) is 6.29. The molecular weight excluding hydrogens is 432 g/mol. The van der Waals surface area contributed by atoms with Crippen LogP contribution >= 0.6 is 11.3 Å². The van der Waals surface area contributed by atoms with Crippen LogP contribution in [0.25, 0.3) is 0 Å². The van der Waals surface area contributed by atoms with Gasteiger partial charge in [0.25, 0.3) is 5.91 Å². The average Bonchev–Trinajstić information content (AvgIpc) is 3.56. The second kappa shape index (κ2) is 9.49. The molecule has 0 aliphatic carbocycles. The molecular formula is C27H28N2O3S. The molecule has 1 fully saturated rings. The van der Waals surface area contributed by atoms with E-state index in [4.69, 9.17) is 4.74 Å². The Morgan fingerprint density at radius 2 is 1.85 bits per heavy atom. The molecule has 3 heterocycles. The van der Waals surface area contributed by atoms with Gasteiger partial charge in [-0.15, -0.1) is 11.3 Å². The fourth-order valence-corrected chi connectivity index (χ4v) is 6.10. The quantitative estimate of drug-likeness (QED) is 0.536. The summed E-state index contributed by atoms with van der Waals surface area (Å²) in [6, 6.07) is 21.7. The van der Waals surface area contributed by atoms with Crippen molar-refractivity contribution in [1.82, 2.24) is 9.80 Å². The number of methoxy groups -OCH3 is 1. The van der Waals surface area contributed by atoms with Gasteiger partial charge in [-0.3, -0.25) is 9.59 Å². The van der Waals surface area contributed by atoms with E-state index >= 15 is 0 Å². The first-order chi connectivity index (χ1) is 16.2. The molecule has 3 atom stereocenters. The Balaban J connectivity index is 1.52. The lowest BCUT2D eigenvalue weighted by Gasteiger charge is -2.42. The number of nitrogens with zero attached hydrogens (tertiary/aromatic N) is 2. The molecule has 0 saturated carbocycles. The van der Waals surface area contributed by atoms with Gasteiger partial charge in [-0.25, -0.2) is 0 Å². The number of benzene rings is 2. The van der Waals surface area contributed by atoms with Gasteiger partial charge in [0, 0.05) is 43.1 Å². The van der Waals surface area contributed by atoms with Crippen LogP contribution in [-0.2, 0) is 9.53 Å². The average molecular weight is 461 g/mol. The number of carbonyl (C=O) groups is 2. The number of carbonyl (C=O) groups excluding carboxylic acids is 2. The van der Waals surface area contributed by atoms with Gasteiger partial charge in [-0.2, -0.15) is 0 Å². The lowest BCUT2D eigenvalue weighted by molar-refractivity contribution is -0.133. The molecule has 0 unspecified atom stereocenters. The number of hydrogen-bond donors (Lipinski definition) is 0. The number of hydrogen-bond acceptors (Lipinski definition) is 4. The lowest BCUT2D eigenvalue weighted by Crippen LogP contribution is -2.48. The number of thiophene rings is 1. The molecule has 5 rings (SSSR count). The van der Waals surface area contributed by atoms with Crippen molar-refractivity contribution in [3.05, 3.63) is 93.7 Å². The predicted molar refractivity (Wildman–Crippen MR) is 130 cm³/mol. The highest BCUT2D eigenvalue weighted by Crippen LogP contribution is 2.45. The van der Waals surface area contributed by atoms with E-state index in [1.54, 1.807) is 18.4 Å². The van der Waals surface area contributed by atoms with E-state index in [0.717, 1.165) is 23.4 Å². The molecule has 2 aliphatic rings. The van der Waals surface area contributed by atoms with Gasteiger partial charge in [-0.1, -0.05) is 54.6 Å². The van der Waals surface area contributed by atoms with Gasteiger partial charge in [0.2, 0.25) is 5.91 Å². The number of fused-ring (bicyclic) bond motifs is 1. The van der Waals surface area contributed by atoms with Crippen LogP contribution in [0.3, 0.4) is 0 Å². The second-order valence-electron chi connectivity index (χ2n) is 8.70. The Hall–Kier alpha value is -2.96. The first kappa shape index (κ1) is 21.9. The van der Waals surface area contributed by atoms with Crippen molar-refractivity contribution in [2.75, 3.05) is 33.4 Å². The molecule has 33 heavy (non-hydrogen) atoms. The van der Waals surface area contributed by atoms with Crippen LogP contribution in [0.4, 0.5) is 0 Å². The van der Waals surface area contributed by atoms with Crippen LogP contribution in [0.5, 0.6) is 0 Å². The number of likely N-dealkylation sites (tertiary alicyclic amines) is 1. The summed E-state index contributed by atoms with van der Waals surface area (Å²) in [5.41, 5.74) is 2.74. The molecule has 0 N–H and O–H groups in total. The van der Waals surface area contributed by atoms with Gasteiger partial charge >= 0.3 is 0 Å². The maximum absolute atomic E-state index is 14.1. The molecule has 6 heteroatoms. The molecule has 1 saturated heterocycles. The molecule has 3 aromatic rings. The van der Waals surface area contributed by atoms with Gasteiger partial charge in [0.15, 0.2) is 0 Å². The van der Waals surface area contributed by atoms with E-state index in [1.165, 1.54) is 5.56 Å². The summed E-state index contributed by atoms with van der Waals surface area (Å²) in [6.07, 6.45) is 0.958. The maximum Gasteiger partial charge on any atom is 0.254 e. The zero-order chi connectivity index (χ0) is 22.8. The van der Waals surface area contributed by atoms with E-state index in [0.29, 0.717) is 31.2 Å². The minimum Gasteiger partial charge on any atom is -0.383 e. The number of amides is 2. The highest BCUT2D eigenvalue weighted by Gasteiger charge is 2.46. The third-order valence-corrected chi connectivity index (χ3v) is 7.79. The Morgan fingerprint density at radius 3 is 2.61 bits per heavy atom. The highest BCUT2D eigenvalue weighted by molar-refractivity contribution is 7.10. The van der Waals surface area contributed by atoms with Crippen LogP contribution in [0, 0.1) is 0 Å². The summed E-state index contributed by atoms with van der Waals surface area (Å²) < 4.78 is 5.32. The number of rotatable bonds is 6. The van der Waals surface area contributed by atoms with Crippen LogP contribution in [-0.4, -0.2) is 55.0 Å². The van der Waals surface area contributed by atoms with Crippen molar-refractivity contribution >= 4 is 23.2 Å². The first-order valence-electron chi connectivity index (χ1n) is 11.4. The zero-order valence-corrected chi connectivity index (χ0v) is 19.5. The van der Waals surface area contributed by atoms with E-state index in [-0.39, 0.29) is 17.9 Å². The standard InChI is InChI=1S/C27H28N2O3S/c1-32-16-15-29-25(23-12-7-17-33-23)24(21-10-5-6-11-22(21)26(29)30)27(31)28-14-13-20(18-28)19-8-3-2-4-9-19/h2-12,17,20,24-25H,13-16,18H2,1H3/t20-,24+,25+/m1/s1. The molecule has 0 bridgehead atoms. The monoisotopic (exact) mass is 460 g/mol. The fourth-order valence-electron chi connectivity index (χ4n) is 5.22. The summed E-state index contributed by atoms with van der Waals surface area (Å²) in [7, 11) is 1.64. The topological polar surface area (TPSA) is 49.9 Å². The van der Waals surface area contributed by atoms with Gasteiger partial charge in [-0.05, 0) is 35.1 Å². The van der Waals surface area contributed by atoms with Crippen LogP contribution in [0.2, 0.25) is 0 Å². The smallest absolute Gasteiger partial charge is 0.254 e. The molecule has 0 spiro atoms. The summed E-state index contributed by atoms with van der Waals surface area (Å²) in [6.45, 7) is 2.32. The SMILES string of the molecule is COCCN1C(=O)c2ccccc2[C@H](C(=O)N2CC[C@@H](c3ccccc3)C2)[C@@H]1c1cccs1. The molecule has 2 aliphatic heterocycles. The van der Waals surface area contributed by atoms with E-state index in [1.807, 2.05) is 57.6 Å². The lowest BCUT2D eigenvalue weighted by atomic mass is 9.81. The molecule has 0 radical (unpaired) electrons. The zero-order valence-electron chi connectivity index (χ0n) is 18.7. The maximum atomic E-state index is 14.1. The molecule has 2 amide bonds. The molecule has 1 aromatic heterocycles. The van der Waals surface area contributed by atoms with Gasteiger partial charge in [0.05, 0.1) is 18.6 Å². The molecule has 2 aromatic carbocycles. The van der Waals surface area contributed by atoms with E-state index < -0.39 is 5.92 Å². The summed E-state index contributed by atoms with van der Waals surface area (Å²) >= 11 is 1.60. The summed E-state index contributed by atoms with van der Waals surface area (Å²) in [5, 5.41) is 2.01. The van der Waals surface area contributed by atoms with Crippen molar-refractivity contribution in [2.45, 2.75) is 24.3 Å². The van der Waals surface area contributed by atoms with E-state index in [9.17, 15) is 9.59 Å². The van der Waals surface area contributed by atoms with Crippen LogP contribution in [0.15, 0.2) is 72.1 Å². The van der Waals surface area contributed by atoms with Crippen molar-refractivity contribution < 1.29 is 14.3 Å². The minimum absolute atomic E-state index is 0.0336. The number of ether oxygens (including phenoxy) is 1. The van der Waals surface area contributed by atoms with Crippen LogP contribution in [0.1, 0.15) is 50.7 Å².